The largest absolute Gasteiger partial charge is 1.00 e. The van der Waals surface area contributed by atoms with Gasteiger partial charge in [-0.1, -0.05) is 6.92 Å². The Morgan fingerprint density at radius 1 is 1.43 bits per heavy atom. The molecular weight excluding hydrogens is 225 g/mol. The van der Waals surface area contributed by atoms with E-state index in [-0.39, 0.29) is 37.5 Å². The molecule has 0 aliphatic rings. The molecule has 9 heteroatoms. The molecule has 0 bridgehead atoms. The zero-order valence-corrected chi connectivity index (χ0v) is 10.9. The molecule has 0 aromatic rings. The minimum Gasteiger partial charge on any atom is -1.00 e. The smallest absolute Gasteiger partial charge is 1.00 e. The molecule has 0 radical (unpaired) electrons. The third-order valence-corrected chi connectivity index (χ3v) is 0.703. The molecule has 14 heavy (non-hydrogen) atoms. The molecule has 0 aromatic carbocycles. The van der Waals surface area contributed by atoms with E-state index >= 15 is 0 Å². The second kappa shape index (κ2) is 11.4. The Balaban J connectivity index is -0.0000000770. The molecule has 0 fully saturated rings. The molecule has 7 nitrogen and oxygen atoms in total. The van der Waals surface area contributed by atoms with Crippen LogP contribution in [0.25, 0.3) is 0 Å². The predicted octanol–water partition coefficient (Wildman–Crippen LogP) is -3.47. The first-order valence-corrected chi connectivity index (χ1v) is 4.79. The number of rotatable bonds is 4. The molecule has 0 aliphatic carbocycles. The van der Waals surface area contributed by atoms with E-state index in [2.05, 4.69) is 5.32 Å². The van der Waals surface area contributed by atoms with Crippen LogP contribution in [0.2, 0.25) is 0 Å². The number of aliphatic carboxylic acids is 1. The summed E-state index contributed by atoms with van der Waals surface area (Å²) in [5.74, 6) is -0.793. The average Bonchev–Trinajstić information content (AvgIpc) is 1.83. The van der Waals surface area contributed by atoms with Crippen LogP contribution in [0.5, 0.6) is 0 Å². The van der Waals surface area contributed by atoms with Crippen molar-refractivity contribution in [1.82, 2.24) is 5.32 Å². The average molecular weight is 239 g/mol. The van der Waals surface area contributed by atoms with E-state index in [1.165, 1.54) is 0 Å². The first-order chi connectivity index (χ1) is 5.77. The van der Waals surface area contributed by atoms with Crippen molar-refractivity contribution in [1.29, 1.82) is 0 Å². The Labute approximate surface area is 106 Å². The van der Waals surface area contributed by atoms with Crippen molar-refractivity contribution in [2.24, 2.45) is 0 Å². The standard InChI is InChI=1S/C5H11NO2.Na.H2O4S.H/c1-2-3-6-4-5(7)8;;1-5(2,3)4;/h6H,2-4H2,1H3,(H,7,8);;(H2,1,2,3,4);/q;+1;;-1. The Bertz CT molecular complexity index is 226. The van der Waals surface area contributed by atoms with E-state index in [9.17, 15) is 4.79 Å². The summed E-state index contributed by atoms with van der Waals surface area (Å²) in [6, 6.07) is 0. The van der Waals surface area contributed by atoms with Gasteiger partial charge in [0.2, 0.25) is 0 Å². The topological polar surface area (TPSA) is 124 Å². The molecule has 0 rings (SSSR count). The monoisotopic (exact) mass is 239 g/mol. The van der Waals surface area contributed by atoms with Gasteiger partial charge in [-0.05, 0) is 13.0 Å². The number of hydrogen-bond donors (Lipinski definition) is 4. The van der Waals surface area contributed by atoms with E-state index in [4.69, 9.17) is 22.6 Å². The van der Waals surface area contributed by atoms with Crippen molar-refractivity contribution >= 4 is 16.4 Å². The number of hydrogen-bond acceptors (Lipinski definition) is 4. The summed E-state index contributed by atoms with van der Waals surface area (Å²) in [6.45, 7) is 2.86. The van der Waals surface area contributed by atoms with E-state index in [1.54, 1.807) is 0 Å². The number of carboxylic acid groups (broad SMARTS) is 1. The molecule has 0 heterocycles. The molecule has 0 spiro atoms. The van der Waals surface area contributed by atoms with Crippen LogP contribution in [0.4, 0.5) is 0 Å². The maximum atomic E-state index is 9.81. The van der Waals surface area contributed by atoms with Gasteiger partial charge in [0.1, 0.15) is 0 Å². The van der Waals surface area contributed by atoms with Gasteiger partial charge in [0, 0.05) is 0 Å². The zero-order valence-electron chi connectivity index (χ0n) is 9.10. The van der Waals surface area contributed by atoms with E-state index < -0.39 is 16.4 Å². The molecule has 0 aliphatic heterocycles. The summed E-state index contributed by atoms with van der Waals surface area (Å²) >= 11 is 0. The van der Waals surface area contributed by atoms with Crippen LogP contribution in [-0.2, 0) is 15.2 Å². The van der Waals surface area contributed by atoms with Crippen LogP contribution in [0.15, 0.2) is 0 Å². The van der Waals surface area contributed by atoms with Crippen LogP contribution in [0.1, 0.15) is 14.8 Å². The fraction of sp³-hybridized carbons (Fsp3) is 0.800. The summed E-state index contributed by atoms with van der Waals surface area (Å²) < 4.78 is 31.6. The van der Waals surface area contributed by atoms with Gasteiger partial charge in [-0.15, -0.1) is 0 Å². The minimum atomic E-state index is -4.67. The first-order valence-electron chi connectivity index (χ1n) is 3.39. The SMILES string of the molecule is CCCNCC(=O)O.O=S(=O)(O)O.[H-].[Na+]. The molecule has 0 atom stereocenters. The third-order valence-electron chi connectivity index (χ3n) is 0.703. The Kier molecular flexibility index (Phi) is 16.1. The molecule has 82 valence electrons. The van der Waals surface area contributed by atoms with Gasteiger partial charge in [0.05, 0.1) is 6.54 Å². The van der Waals surface area contributed by atoms with Gasteiger partial charge in [-0.25, -0.2) is 0 Å². The van der Waals surface area contributed by atoms with Crippen LogP contribution < -0.4 is 34.9 Å². The van der Waals surface area contributed by atoms with Crippen molar-refractivity contribution in [3.63, 3.8) is 0 Å². The second-order valence-corrected chi connectivity index (χ2v) is 2.91. The van der Waals surface area contributed by atoms with Crippen LogP contribution in [0.3, 0.4) is 0 Å². The Morgan fingerprint density at radius 2 is 1.79 bits per heavy atom. The normalized spacial score (nSPS) is 9.36. The van der Waals surface area contributed by atoms with Gasteiger partial charge < -0.3 is 11.8 Å². The molecule has 0 unspecified atom stereocenters. The van der Waals surface area contributed by atoms with Crippen molar-refractivity contribution in [3.8, 4) is 0 Å². The van der Waals surface area contributed by atoms with Gasteiger partial charge in [0.25, 0.3) is 0 Å². The van der Waals surface area contributed by atoms with Crippen LogP contribution in [0, 0.1) is 0 Å². The van der Waals surface area contributed by atoms with E-state index in [0.29, 0.717) is 0 Å². The molecule has 0 amide bonds. The van der Waals surface area contributed by atoms with Crippen LogP contribution >= 0.6 is 0 Å². The third kappa shape index (κ3) is 55.9. The summed E-state index contributed by atoms with van der Waals surface area (Å²) in [4.78, 5) is 9.81. The summed E-state index contributed by atoms with van der Waals surface area (Å²) in [6.07, 6.45) is 0.979. The van der Waals surface area contributed by atoms with E-state index in [1.807, 2.05) is 6.92 Å². The quantitative estimate of drug-likeness (QED) is 0.228. The molecule has 4 N–H and O–H groups in total. The Hall–Kier alpha value is 0.300. The fourth-order valence-electron chi connectivity index (χ4n) is 0.372. The molecule has 0 saturated heterocycles. The van der Waals surface area contributed by atoms with Gasteiger partial charge in [0.15, 0.2) is 0 Å². The Morgan fingerprint density at radius 3 is 2.00 bits per heavy atom. The summed E-state index contributed by atoms with van der Waals surface area (Å²) in [5, 5.41) is 10.8. The predicted molar refractivity (Wildman–Crippen MR) is 46.1 cm³/mol. The maximum Gasteiger partial charge on any atom is 1.00 e. The van der Waals surface area contributed by atoms with Crippen molar-refractivity contribution in [2.45, 2.75) is 13.3 Å². The summed E-state index contributed by atoms with van der Waals surface area (Å²) in [5.41, 5.74) is 0. The van der Waals surface area contributed by atoms with E-state index in [0.717, 1.165) is 13.0 Å². The number of carboxylic acids is 1. The van der Waals surface area contributed by atoms with Crippen LogP contribution in [-0.4, -0.2) is 41.7 Å². The van der Waals surface area contributed by atoms with Crippen molar-refractivity contribution < 1.29 is 58.4 Å². The molecule has 0 aromatic heterocycles. The minimum absolute atomic E-state index is 0. The molecular formula is C5H14NNaO6S. The zero-order chi connectivity index (χ0) is 10.9. The van der Waals surface area contributed by atoms with Gasteiger partial charge >= 0.3 is 45.9 Å². The van der Waals surface area contributed by atoms with Crippen molar-refractivity contribution in [2.75, 3.05) is 13.1 Å². The summed E-state index contributed by atoms with van der Waals surface area (Å²) in [7, 11) is -4.67. The second-order valence-electron chi connectivity index (χ2n) is 2.02. The van der Waals surface area contributed by atoms with Gasteiger partial charge in [-0.2, -0.15) is 8.42 Å². The number of carbonyl (C=O) groups is 1. The maximum absolute atomic E-state index is 9.81. The first kappa shape index (κ1) is 19.8. The van der Waals surface area contributed by atoms with Gasteiger partial charge in [-0.3, -0.25) is 13.9 Å². The molecule has 0 saturated carbocycles. The van der Waals surface area contributed by atoms with Crippen molar-refractivity contribution in [3.05, 3.63) is 0 Å². The fourth-order valence-corrected chi connectivity index (χ4v) is 0.372. The number of nitrogens with one attached hydrogen (secondary N) is 1.